The van der Waals surface area contributed by atoms with Gasteiger partial charge in [0.1, 0.15) is 17.3 Å². The van der Waals surface area contributed by atoms with E-state index < -0.39 is 0 Å². The number of amides is 1. The first-order chi connectivity index (χ1) is 15.0. The zero-order chi connectivity index (χ0) is 23.2. The Bertz CT molecular complexity index is 1130. The van der Waals surface area contributed by atoms with Crippen molar-refractivity contribution in [2.24, 2.45) is 7.05 Å². The highest BCUT2D eigenvalue weighted by Gasteiger charge is 2.30. The molecule has 0 aliphatic carbocycles. The third-order valence-electron chi connectivity index (χ3n) is 5.65. The molecule has 0 radical (unpaired) electrons. The van der Waals surface area contributed by atoms with Gasteiger partial charge in [-0.15, -0.1) is 0 Å². The number of carbonyl (C=O) groups excluding carboxylic acids is 1. The molecule has 1 aromatic carbocycles. The van der Waals surface area contributed by atoms with E-state index in [4.69, 9.17) is 4.98 Å². The molecular formula is C24H33N7O. The molecule has 0 fully saturated rings. The van der Waals surface area contributed by atoms with Crippen LogP contribution in [0.15, 0.2) is 30.5 Å². The third-order valence-corrected chi connectivity index (χ3v) is 5.65. The summed E-state index contributed by atoms with van der Waals surface area (Å²) in [6.07, 6.45) is 1.79. The van der Waals surface area contributed by atoms with Gasteiger partial charge in [0.05, 0.1) is 17.8 Å². The van der Waals surface area contributed by atoms with Gasteiger partial charge in [0, 0.05) is 57.2 Å². The predicted octanol–water partition coefficient (Wildman–Crippen LogP) is 3.52. The van der Waals surface area contributed by atoms with Crippen LogP contribution in [-0.2, 0) is 20.1 Å². The average molecular weight is 436 g/mol. The summed E-state index contributed by atoms with van der Waals surface area (Å²) < 4.78 is 3.91. The van der Waals surface area contributed by atoms with E-state index in [1.54, 1.807) is 10.9 Å². The molecule has 0 bridgehead atoms. The zero-order valence-electron chi connectivity index (χ0n) is 20.1. The van der Waals surface area contributed by atoms with Gasteiger partial charge in [0.25, 0.3) is 5.91 Å². The molecule has 0 saturated heterocycles. The fraction of sp³-hybridized carbons (Fsp3) is 0.458. The molecule has 0 atom stereocenters. The van der Waals surface area contributed by atoms with Crippen LogP contribution in [0, 0.1) is 6.92 Å². The summed E-state index contributed by atoms with van der Waals surface area (Å²) in [7, 11) is 5.91. The highest BCUT2D eigenvalue weighted by atomic mass is 16.2. The second-order valence-corrected chi connectivity index (χ2v) is 9.72. The minimum absolute atomic E-state index is 0.00654. The van der Waals surface area contributed by atoms with Crippen LogP contribution in [0.4, 0.5) is 11.5 Å². The van der Waals surface area contributed by atoms with Gasteiger partial charge >= 0.3 is 0 Å². The van der Waals surface area contributed by atoms with Gasteiger partial charge in [-0.2, -0.15) is 5.10 Å². The van der Waals surface area contributed by atoms with E-state index in [0.29, 0.717) is 25.2 Å². The second kappa shape index (κ2) is 8.00. The lowest BCUT2D eigenvalue weighted by Crippen LogP contribution is -2.39. The van der Waals surface area contributed by atoms with Crippen LogP contribution in [0.5, 0.6) is 0 Å². The van der Waals surface area contributed by atoms with E-state index in [1.165, 1.54) is 0 Å². The summed E-state index contributed by atoms with van der Waals surface area (Å²) in [5, 5.41) is 7.98. The molecule has 2 aromatic heterocycles. The second-order valence-electron chi connectivity index (χ2n) is 9.72. The molecule has 1 aliphatic rings. The molecule has 4 rings (SSSR count). The van der Waals surface area contributed by atoms with Crippen LogP contribution in [0.1, 0.15) is 42.6 Å². The number of aryl methyl sites for hydroxylation is 2. The van der Waals surface area contributed by atoms with E-state index in [1.807, 2.05) is 33.0 Å². The molecule has 32 heavy (non-hydrogen) atoms. The van der Waals surface area contributed by atoms with E-state index >= 15 is 0 Å². The lowest BCUT2D eigenvalue weighted by molar-refractivity contribution is 0.0707. The van der Waals surface area contributed by atoms with Gasteiger partial charge in [-0.05, 0) is 39.8 Å². The number of benzene rings is 1. The van der Waals surface area contributed by atoms with Crippen LogP contribution in [0.3, 0.4) is 0 Å². The number of carbonyl (C=O) groups is 1. The quantitative estimate of drug-likeness (QED) is 0.679. The lowest BCUT2D eigenvalue weighted by Gasteiger charge is -2.30. The van der Waals surface area contributed by atoms with Crippen molar-refractivity contribution in [3.8, 4) is 11.3 Å². The number of nitrogens with zero attached hydrogens (tertiary/aromatic N) is 6. The fourth-order valence-corrected chi connectivity index (χ4v) is 4.09. The van der Waals surface area contributed by atoms with Crippen molar-refractivity contribution >= 4 is 17.4 Å². The van der Waals surface area contributed by atoms with E-state index in [0.717, 1.165) is 34.3 Å². The maximum Gasteiger partial charge on any atom is 0.257 e. The fourth-order valence-electron chi connectivity index (χ4n) is 4.09. The maximum atomic E-state index is 13.2. The number of nitrogens with one attached hydrogen (secondary N) is 1. The van der Waals surface area contributed by atoms with Crippen LogP contribution >= 0.6 is 0 Å². The van der Waals surface area contributed by atoms with Gasteiger partial charge in [-0.25, -0.2) is 4.98 Å². The first-order valence-electron chi connectivity index (χ1n) is 11.0. The van der Waals surface area contributed by atoms with Crippen molar-refractivity contribution in [1.82, 2.24) is 24.2 Å². The standard InChI is InChI=1S/C24H33N7O/c1-16-19(14-29(7)27-16)23(32)30-12-13-31-20(15-30)25-21(22(31)26-24(2,3)4)17-8-10-18(11-9-17)28(5)6/h8-11,14,26H,12-13,15H2,1-7H3. The molecule has 1 N–H and O–H groups in total. The van der Waals surface area contributed by atoms with E-state index in [2.05, 4.69) is 64.9 Å². The Morgan fingerprint density at radius 3 is 2.38 bits per heavy atom. The van der Waals surface area contributed by atoms with Gasteiger partial charge in [-0.1, -0.05) is 12.1 Å². The summed E-state index contributed by atoms with van der Waals surface area (Å²) in [6, 6.07) is 8.43. The summed E-state index contributed by atoms with van der Waals surface area (Å²) in [4.78, 5) is 22.1. The van der Waals surface area contributed by atoms with Gasteiger partial charge in [0.2, 0.25) is 0 Å². The van der Waals surface area contributed by atoms with Crippen LogP contribution in [0.25, 0.3) is 11.3 Å². The number of fused-ring (bicyclic) bond motifs is 1. The highest BCUT2D eigenvalue weighted by Crippen LogP contribution is 2.34. The smallest absolute Gasteiger partial charge is 0.257 e. The first kappa shape index (κ1) is 21.9. The summed E-state index contributed by atoms with van der Waals surface area (Å²) in [6.45, 7) is 10.1. The normalized spacial score (nSPS) is 13.8. The van der Waals surface area contributed by atoms with Crippen LogP contribution in [-0.4, -0.2) is 56.3 Å². The average Bonchev–Trinajstić information content (AvgIpc) is 3.25. The van der Waals surface area contributed by atoms with Crippen molar-refractivity contribution < 1.29 is 4.79 Å². The predicted molar refractivity (Wildman–Crippen MR) is 128 cm³/mol. The highest BCUT2D eigenvalue weighted by molar-refractivity contribution is 5.95. The van der Waals surface area contributed by atoms with Gasteiger partial charge in [0.15, 0.2) is 0 Å². The molecule has 8 nitrogen and oxygen atoms in total. The largest absolute Gasteiger partial charge is 0.378 e. The molecular weight excluding hydrogens is 402 g/mol. The Morgan fingerprint density at radius 2 is 1.81 bits per heavy atom. The maximum absolute atomic E-state index is 13.2. The molecule has 1 aliphatic heterocycles. The molecule has 3 aromatic rings. The number of anilines is 2. The van der Waals surface area contributed by atoms with Crippen molar-refractivity contribution in [1.29, 1.82) is 0 Å². The molecule has 1 amide bonds. The van der Waals surface area contributed by atoms with Crippen molar-refractivity contribution in [2.75, 3.05) is 30.9 Å². The van der Waals surface area contributed by atoms with Gasteiger partial charge < -0.3 is 19.7 Å². The summed E-state index contributed by atoms with van der Waals surface area (Å²) in [5.74, 6) is 1.91. The summed E-state index contributed by atoms with van der Waals surface area (Å²) >= 11 is 0. The molecule has 170 valence electrons. The Hall–Kier alpha value is -3.29. The SMILES string of the molecule is Cc1nn(C)cc1C(=O)N1CCn2c(nc(-c3ccc(N(C)C)cc3)c2NC(C)(C)C)C1. The van der Waals surface area contributed by atoms with E-state index in [9.17, 15) is 4.79 Å². The minimum atomic E-state index is -0.116. The molecule has 0 saturated carbocycles. The molecule has 0 spiro atoms. The molecule has 0 unspecified atom stereocenters. The Labute approximate surface area is 189 Å². The first-order valence-corrected chi connectivity index (χ1v) is 11.0. The zero-order valence-corrected chi connectivity index (χ0v) is 20.1. The lowest BCUT2D eigenvalue weighted by atomic mass is 10.1. The van der Waals surface area contributed by atoms with Crippen molar-refractivity contribution in [2.45, 2.75) is 46.3 Å². The van der Waals surface area contributed by atoms with E-state index in [-0.39, 0.29) is 11.4 Å². The van der Waals surface area contributed by atoms with Crippen LogP contribution in [0.2, 0.25) is 0 Å². The van der Waals surface area contributed by atoms with Crippen molar-refractivity contribution in [3.05, 3.63) is 47.5 Å². The van der Waals surface area contributed by atoms with Gasteiger partial charge in [-0.3, -0.25) is 9.48 Å². The number of hydrogen-bond acceptors (Lipinski definition) is 5. The number of imidazole rings is 1. The number of aromatic nitrogens is 4. The Balaban J connectivity index is 1.70. The minimum Gasteiger partial charge on any atom is -0.378 e. The monoisotopic (exact) mass is 435 g/mol. The number of hydrogen-bond donors (Lipinski definition) is 1. The summed E-state index contributed by atoms with van der Waals surface area (Å²) in [5.41, 5.74) is 4.42. The Kier molecular flexibility index (Phi) is 5.48. The number of rotatable bonds is 4. The third kappa shape index (κ3) is 4.22. The molecule has 8 heteroatoms. The topological polar surface area (TPSA) is 71.2 Å². The Morgan fingerprint density at radius 1 is 1.12 bits per heavy atom. The molecule has 3 heterocycles. The van der Waals surface area contributed by atoms with Crippen molar-refractivity contribution in [3.63, 3.8) is 0 Å². The van der Waals surface area contributed by atoms with Crippen LogP contribution < -0.4 is 10.2 Å².